The SMILES string of the molecule is CC(ON)c1ccc(O)c(Br)c1. The molecule has 1 unspecified atom stereocenters. The Bertz CT molecular complexity index is 278. The Balaban J connectivity index is 2.96. The van der Waals surface area contributed by atoms with E-state index in [1.165, 1.54) is 0 Å². The zero-order valence-electron chi connectivity index (χ0n) is 6.62. The number of rotatable bonds is 2. The lowest BCUT2D eigenvalue weighted by Gasteiger charge is -2.09. The third-order valence-corrected chi connectivity index (χ3v) is 2.28. The van der Waals surface area contributed by atoms with Crippen LogP contribution in [0.1, 0.15) is 18.6 Å². The molecule has 3 nitrogen and oxygen atoms in total. The van der Waals surface area contributed by atoms with Crippen molar-refractivity contribution in [2.75, 3.05) is 0 Å². The van der Waals surface area contributed by atoms with Crippen LogP contribution in [0.25, 0.3) is 0 Å². The highest BCUT2D eigenvalue weighted by Crippen LogP contribution is 2.27. The molecule has 3 N–H and O–H groups in total. The summed E-state index contributed by atoms with van der Waals surface area (Å²) < 4.78 is 0.643. The van der Waals surface area contributed by atoms with Crippen LogP contribution >= 0.6 is 15.9 Å². The second-order valence-electron chi connectivity index (χ2n) is 2.49. The molecule has 1 aromatic carbocycles. The van der Waals surface area contributed by atoms with E-state index in [9.17, 15) is 5.11 Å². The number of halogens is 1. The number of hydrogen-bond donors (Lipinski definition) is 2. The molecule has 0 radical (unpaired) electrons. The highest BCUT2D eigenvalue weighted by molar-refractivity contribution is 9.10. The van der Waals surface area contributed by atoms with Gasteiger partial charge in [0.15, 0.2) is 0 Å². The van der Waals surface area contributed by atoms with Gasteiger partial charge in [-0.3, -0.25) is 4.84 Å². The molecule has 0 aliphatic heterocycles. The molecule has 1 rings (SSSR count). The van der Waals surface area contributed by atoms with Crippen LogP contribution in [-0.4, -0.2) is 5.11 Å². The van der Waals surface area contributed by atoms with Crippen molar-refractivity contribution in [2.45, 2.75) is 13.0 Å². The molecule has 0 fully saturated rings. The highest BCUT2D eigenvalue weighted by atomic mass is 79.9. The van der Waals surface area contributed by atoms with Gasteiger partial charge in [0.25, 0.3) is 0 Å². The smallest absolute Gasteiger partial charge is 0.129 e. The molecule has 0 amide bonds. The maximum absolute atomic E-state index is 9.18. The quantitative estimate of drug-likeness (QED) is 0.767. The van der Waals surface area contributed by atoms with E-state index in [1.54, 1.807) is 18.2 Å². The number of aromatic hydroxyl groups is 1. The van der Waals surface area contributed by atoms with Crippen molar-refractivity contribution < 1.29 is 9.94 Å². The highest BCUT2D eigenvalue weighted by Gasteiger charge is 2.06. The molecule has 0 spiro atoms. The van der Waals surface area contributed by atoms with Gasteiger partial charge in [0, 0.05) is 0 Å². The molecule has 0 aliphatic carbocycles. The number of phenols is 1. The molecular formula is C8H10BrNO2. The molecule has 66 valence electrons. The van der Waals surface area contributed by atoms with Crippen molar-refractivity contribution in [1.82, 2.24) is 0 Å². The van der Waals surface area contributed by atoms with E-state index in [1.807, 2.05) is 6.92 Å². The van der Waals surface area contributed by atoms with Gasteiger partial charge in [0.1, 0.15) is 11.9 Å². The monoisotopic (exact) mass is 231 g/mol. The zero-order valence-corrected chi connectivity index (χ0v) is 8.21. The zero-order chi connectivity index (χ0) is 9.14. The molecule has 0 saturated carbocycles. The lowest BCUT2D eigenvalue weighted by atomic mass is 10.1. The third-order valence-electron chi connectivity index (χ3n) is 1.65. The van der Waals surface area contributed by atoms with Crippen molar-refractivity contribution in [1.29, 1.82) is 0 Å². The summed E-state index contributed by atoms with van der Waals surface area (Å²) in [7, 11) is 0. The Hall–Kier alpha value is -0.580. The van der Waals surface area contributed by atoms with Crippen molar-refractivity contribution in [3.05, 3.63) is 28.2 Å². The van der Waals surface area contributed by atoms with E-state index >= 15 is 0 Å². The van der Waals surface area contributed by atoms with Crippen LogP contribution in [0.4, 0.5) is 0 Å². The molecule has 0 heterocycles. The Morgan fingerprint density at radius 2 is 2.25 bits per heavy atom. The summed E-state index contributed by atoms with van der Waals surface area (Å²) in [4.78, 5) is 4.63. The van der Waals surface area contributed by atoms with Crippen LogP contribution in [0.15, 0.2) is 22.7 Å². The van der Waals surface area contributed by atoms with E-state index in [2.05, 4.69) is 20.8 Å². The lowest BCUT2D eigenvalue weighted by molar-refractivity contribution is 0.0663. The Morgan fingerprint density at radius 3 is 2.75 bits per heavy atom. The summed E-state index contributed by atoms with van der Waals surface area (Å²) in [5, 5.41) is 9.18. The van der Waals surface area contributed by atoms with Crippen LogP contribution in [0.2, 0.25) is 0 Å². The molecular weight excluding hydrogens is 222 g/mol. The Kier molecular flexibility index (Phi) is 3.08. The van der Waals surface area contributed by atoms with E-state index < -0.39 is 0 Å². The van der Waals surface area contributed by atoms with Gasteiger partial charge in [-0.2, -0.15) is 0 Å². The summed E-state index contributed by atoms with van der Waals surface area (Å²) in [5.41, 5.74) is 0.919. The van der Waals surface area contributed by atoms with Crippen LogP contribution in [-0.2, 0) is 4.84 Å². The maximum atomic E-state index is 9.18. The lowest BCUT2D eigenvalue weighted by Crippen LogP contribution is -2.04. The van der Waals surface area contributed by atoms with E-state index in [-0.39, 0.29) is 11.9 Å². The predicted molar refractivity (Wildman–Crippen MR) is 49.5 cm³/mol. The van der Waals surface area contributed by atoms with Gasteiger partial charge in [-0.1, -0.05) is 6.07 Å². The first kappa shape index (κ1) is 9.51. The fraction of sp³-hybridized carbons (Fsp3) is 0.250. The Labute approximate surface area is 79.2 Å². The fourth-order valence-corrected chi connectivity index (χ4v) is 1.25. The minimum Gasteiger partial charge on any atom is -0.507 e. The molecule has 0 aromatic heterocycles. The summed E-state index contributed by atoms with van der Waals surface area (Å²) in [6.07, 6.45) is -0.165. The first-order valence-electron chi connectivity index (χ1n) is 3.49. The summed E-state index contributed by atoms with van der Waals surface area (Å²) in [5.74, 6) is 5.23. The van der Waals surface area contributed by atoms with Crippen LogP contribution in [0, 0.1) is 0 Å². The molecule has 4 heteroatoms. The molecule has 0 aliphatic rings. The average Bonchev–Trinajstić information content (AvgIpc) is 2.08. The average molecular weight is 232 g/mol. The van der Waals surface area contributed by atoms with Crippen LogP contribution in [0.5, 0.6) is 5.75 Å². The maximum Gasteiger partial charge on any atom is 0.129 e. The fourth-order valence-electron chi connectivity index (χ4n) is 0.855. The van der Waals surface area contributed by atoms with Gasteiger partial charge in [0.05, 0.1) is 4.47 Å². The van der Waals surface area contributed by atoms with Gasteiger partial charge < -0.3 is 5.11 Å². The molecule has 12 heavy (non-hydrogen) atoms. The summed E-state index contributed by atoms with van der Waals surface area (Å²) in [6, 6.07) is 5.12. The van der Waals surface area contributed by atoms with Crippen molar-refractivity contribution in [3.63, 3.8) is 0 Å². The topological polar surface area (TPSA) is 55.5 Å². The van der Waals surface area contributed by atoms with Crippen LogP contribution < -0.4 is 5.90 Å². The van der Waals surface area contributed by atoms with E-state index in [0.29, 0.717) is 4.47 Å². The minimum absolute atomic E-state index is 0.165. The summed E-state index contributed by atoms with van der Waals surface area (Å²) >= 11 is 3.20. The van der Waals surface area contributed by atoms with Gasteiger partial charge in [-0.25, -0.2) is 5.90 Å². The van der Waals surface area contributed by atoms with E-state index in [0.717, 1.165) is 5.56 Å². The van der Waals surface area contributed by atoms with Crippen LogP contribution in [0.3, 0.4) is 0 Å². The second-order valence-corrected chi connectivity index (χ2v) is 3.34. The predicted octanol–water partition coefficient (Wildman–Crippen LogP) is 2.11. The molecule has 0 bridgehead atoms. The number of phenolic OH excluding ortho intramolecular Hbond substituents is 1. The second kappa shape index (κ2) is 3.89. The molecule has 0 saturated heterocycles. The Morgan fingerprint density at radius 1 is 1.58 bits per heavy atom. The molecule has 1 atom stereocenters. The van der Waals surface area contributed by atoms with Gasteiger partial charge in [-0.05, 0) is 40.5 Å². The summed E-state index contributed by atoms with van der Waals surface area (Å²) in [6.45, 7) is 1.83. The van der Waals surface area contributed by atoms with Gasteiger partial charge >= 0.3 is 0 Å². The first-order valence-corrected chi connectivity index (χ1v) is 4.28. The first-order chi connectivity index (χ1) is 5.65. The number of benzene rings is 1. The van der Waals surface area contributed by atoms with Crippen molar-refractivity contribution >= 4 is 15.9 Å². The van der Waals surface area contributed by atoms with E-state index in [4.69, 9.17) is 5.90 Å². The minimum atomic E-state index is -0.165. The van der Waals surface area contributed by atoms with Gasteiger partial charge in [-0.15, -0.1) is 0 Å². The number of hydrogen-bond acceptors (Lipinski definition) is 3. The van der Waals surface area contributed by atoms with Gasteiger partial charge in [0.2, 0.25) is 0 Å². The molecule has 1 aromatic rings. The third kappa shape index (κ3) is 1.97. The normalized spacial score (nSPS) is 12.9. The van der Waals surface area contributed by atoms with Crippen molar-refractivity contribution in [2.24, 2.45) is 5.90 Å². The standard InChI is InChI=1S/C8H10BrNO2/c1-5(12-10)6-2-3-8(11)7(9)4-6/h2-5,11H,10H2,1H3. The number of nitrogens with two attached hydrogens (primary N) is 1. The largest absolute Gasteiger partial charge is 0.507 e. The van der Waals surface area contributed by atoms with Crippen molar-refractivity contribution in [3.8, 4) is 5.75 Å².